The summed E-state index contributed by atoms with van der Waals surface area (Å²) < 4.78 is 0. The number of halogens is 1. The molecule has 1 aromatic carbocycles. The molecule has 15 heavy (non-hydrogen) atoms. The largest absolute Gasteiger partial charge is 0.298 e. The molecular weight excluding hydrogens is 210 g/mol. The van der Waals surface area contributed by atoms with Crippen LogP contribution in [0.25, 0.3) is 0 Å². The van der Waals surface area contributed by atoms with E-state index >= 15 is 0 Å². The van der Waals surface area contributed by atoms with Gasteiger partial charge in [0.25, 0.3) is 0 Å². The molecule has 1 N–H and O–H groups in total. The zero-order chi connectivity index (χ0) is 10.5. The Morgan fingerprint density at radius 3 is 2.53 bits per heavy atom. The van der Waals surface area contributed by atoms with Gasteiger partial charge >= 0.3 is 0 Å². The van der Waals surface area contributed by atoms with Crippen molar-refractivity contribution in [2.45, 2.75) is 38.3 Å². The van der Waals surface area contributed by atoms with Gasteiger partial charge < -0.3 is 0 Å². The highest BCUT2D eigenvalue weighted by atomic mass is 35.5. The summed E-state index contributed by atoms with van der Waals surface area (Å²) in [6, 6.07) is 7.81. The molecule has 1 saturated carbocycles. The highest BCUT2D eigenvalue weighted by Gasteiger charge is 2.15. The van der Waals surface area contributed by atoms with E-state index in [2.05, 4.69) is 5.48 Å². The fraction of sp³-hybridized carbons (Fsp3) is 0.500. The normalized spacial score (nSPS) is 17.1. The van der Waals surface area contributed by atoms with Gasteiger partial charge in [-0.25, -0.2) is 0 Å². The molecule has 82 valence electrons. The van der Waals surface area contributed by atoms with Crippen LogP contribution in [-0.4, -0.2) is 6.10 Å². The first-order chi connectivity index (χ1) is 7.34. The van der Waals surface area contributed by atoms with E-state index < -0.39 is 0 Å². The number of hydroxylamine groups is 1. The Morgan fingerprint density at radius 2 is 1.87 bits per heavy atom. The third-order valence-corrected chi connectivity index (χ3v) is 2.99. The van der Waals surface area contributed by atoms with Crippen molar-refractivity contribution >= 4 is 11.6 Å². The van der Waals surface area contributed by atoms with Crippen LogP contribution < -0.4 is 5.48 Å². The Kier molecular flexibility index (Phi) is 4.01. The van der Waals surface area contributed by atoms with Gasteiger partial charge in [0.05, 0.1) is 6.10 Å². The van der Waals surface area contributed by atoms with Crippen LogP contribution in [0.4, 0.5) is 0 Å². The van der Waals surface area contributed by atoms with Crippen molar-refractivity contribution in [1.29, 1.82) is 0 Å². The number of hydrogen-bond acceptors (Lipinski definition) is 2. The van der Waals surface area contributed by atoms with Crippen LogP contribution in [-0.2, 0) is 11.4 Å². The lowest BCUT2D eigenvalue weighted by atomic mass is 10.2. The van der Waals surface area contributed by atoms with Gasteiger partial charge in [-0.05, 0) is 30.5 Å². The van der Waals surface area contributed by atoms with Crippen molar-refractivity contribution in [1.82, 2.24) is 5.48 Å². The summed E-state index contributed by atoms with van der Waals surface area (Å²) in [5.41, 5.74) is 4.21. The summed E-state index contributed by atoms with van der Waals surface area (Å²) in [5, 5.41) is 0.774. The van der Waals surface area contributed by atoms with Crippen molar-refractivity contribution in [2.75, 3.05) is 0 Å². The third kappa shape index (κ3) is 3.49. The van der Waals surface area contributed by atoms with Crippen molar-refractivity contribution < 1.29 is 4.84 Å². The molecule has 0 radical (unpaired) electrons. The van der Waals surface area contributed by atoms with Gasteiger partial charge in [0.15, 0.2) is 0 Å². The lowest BCUT2D eigenvalue weighted by Gasteiger charge is -2.11. The molecule has 0 amide bonds. The van der Waals surface area contributed by atoms with E-state index in [1.165, 1.54) is 31.2 Å². The second-order valence-corrected chi connectivity index (χ2v) is 4.41. The molecule has 0 saturated heterocycles. The van der Waals surface area contributed by atoms with Crippen LogP contribution in [0.3, 0.4) is 0 Å². The molecule has 0 aliphatic heterocycles. The van der Waals surface area contributed by atoms with Crippen LogP contribution in [0.2, 0.25) is 5.02 Å². The molecule has 0 atom stereocenters. The maximum atomic E-state index is 5.80. The Labute approximate surface area is 95.5 Å². The Bertz CT molecular complexity index is 293. The fourth-order valence-electron chi connectivity index (χ4n) is 1.85. The van der Waals surface area contributed by atoms with Crippen LogP contribution in [0.5, 0.6) is 0 Å². The molecule has 0 unspecified atom stereocenters. The third-order valence-electron chi connectivity index (χ3n) is 2.74. The van der Waals surface area contributed by atoms with Crippen LogP contribution in [0, 0.1) is 0 Å². The highest BCUT2D eigenvalue weighted by Crippen LogP contribution is 2.20. The monoisotopic (exact) mass is 225 g/mol. The molecule has 0 aromatic heterocycles. The Morgan fingerprint density at radius 1 is 1.20 bits per heavy atom. The van der Waals surface area contributed by atoms with Gasteiger partial charge in [-0.1, -0.05) is 36.6 Å². The minimum absolute atomic E-state index is 0.414. The maximum Gasteiger partial charge on any atom is 0.0790 e. The van der Waals surface area contributed by atoms with E-state index in [1.807, 2.05) is 24.3 Å². The summed E-state index contributed by atoms with van der Waals surface area (Å²) in [5.74, 6) is 0. The number of rotatable bonds is 4. The topological polar surface area (TPSA) is 21.3 Å². The molecule has 2 rings (SSSR count). The molecular formula is C12H16ClNO. The summed E-state index contributed by atoms with van der Waals surface area (Å²) >= 11 is 5.80. The fourth-order valence-corrected chi connectivity index (χ4v) is 1.98. The van der Waals surface area contributed by atoms with Crippen molar-refractivity contribution in [3.05, 3.63) is 34.9 Å². The van der Waals surface area contributed by atoms with Crippen molar-refractivity contribution in [3.8, 4) is 0 Å². The van der Waals surface area contributed by atoms with Crippen LogP contribution in [0.1, 0.15) is 31.2 Å². The second-order valence-electron chi connectivity index (χ2n) is 3.97. The van der Waals surface area contributed by atoms with Gasteiger partial charge in [-0.15, -0.1) is 0 Å². The Hall–Kier alpha value is -0.570. The first-order valence-corrected chi connectivity index (χ1v) is 5.85. The summed E-state index contributed by atoms with van der Waals surface area (Å²) in [7, 11) is 0. The van der Waals surface area contributed by atoms with Crippen LogP contribution in [0.15, 0.2) is 24.3 Å². The Balaban J connectivity index is 1.71. The highest BCUT2D eigenvalue weighted by molar-refractivity contribution is 6.30. The quantitative estimate of drug-likeness (QED) is 0.794. The van der Waals surface area contributed by atoms with Gasteiger partial charge in [0, 0.05) is 11.6 Å². The first-order valence-electron chi connectivity index (χ1n) is 5.47. The SMILES string of the molecule is Clc1ccc(CNOC2CCCC2)cc1. The summed E-state index contributed by atoms with van der Waals surface area (Å²) in [6.45, 7) is 0.744. The molecule has 1 aliphatic rings. The average Bonchev–Trinajstić information content (AvgIpc) is 2.74. The molecule has 1 aliphatic carbocycles. The number of hydrogen-bond donors (Lipinski definition) is 1. The number of nitrogens with one attached hydrogen (secondary N) is 1. The molecule has 3 heteroatoms. The van der Waals surface area contributed by atoms with E-state index in [1.54, 1.807) is 0 Å². The lowest BCUT2D eigenvalue weighted by Crippen LogP contribution is -2.21. The molecule has 1 aromatic rings. The lowest BCUT2D eigenvalue weighted by molar-refractivity contribution is -0.0244. The predicted octanol–water partition coefficient (Wildman–Crippen LogP) is 3.30. The maximum absolute atomic E-state index is 5.80. The molecule has 0 bridgehead atoms. The summed E-state index contributed by atoms with van der Waals surface area (Å²) in [6.07, 6.45) is 5.39. The second kappa shape index (κ2) is 5.50. The van der Waals surface area contributed by atoms with Crippen LogP contribution >= 0.6 is 11.6 Å². The van der Waals surface area contributed by atoms with Crippen molar-refractivity contribution in [2.24, 2.45) is 0 Å². The predicted molar refractivity (Wildman–Crippen MR) is 61.6 cm³/mol. The van der Waals surface area contributed by atoms with E-state index in [0.29, 0.717) is 6.10 Å². The van der Waals surface area contributed by atoms with Gasteiger partial charge in [0.1, 0.15) is 0 Å². The van der Waals surface area contributed by atoms with E-state index in [4.69, 9.17) is 16.4 Å². The molecule has 2 nitrogen and oxygen atoms in total. The minimum Gasteiger partial charge on any atom is -0.298 e. The minimum atomic E-state index is 0.414. The van der Waals surface area contributed by atoms with Gasteiger partial charge in [-0.2, -0.15) is 5.48 Å². The molecule has 1 fully saturated rings. The smallest absolute Gasteiger partial charge is 0.0790 e. The molecule has 0 heterocycles. The molecule has 0 spiro atoms. The number of benzene rings is 1. The van der Waals surface area contributed by atoms with E-state index in [9.17, 15) is 0 Å². The zero-order valence-electron chi connectivity index (χ0n) is 8.71. The van der Waals surface area contributed by atoms with Gasteiger partial charge in [-0.3, -0.25) is 4.84 Å². The summed E-state index contributed by atoms with van der Waals surface area (Å²) in [4.78, 5) is 5.55. The zero-order valence-corrected chi connectivity index (χ0v) is 9.46. The van der Waals surface area contributed by atoms with Crippen molar-refractivity contribution in [3.63, 3.8) is 0 Å². The van der Waals surface area contributed by atoms with E-state index in [0.717, 1.165) is 11.6 Å². The van der Waals surface area contributed by atoms with E-state index in [-0.39, 0.29) is 0 Å². The first kappa shape index (κ1) is 10.9. The van der Waals surface area contributed by atoms with Gasteiger partial charge in [0.2, 0.25) is 0 Å². The standard InChI is InChI=1S/C12H16ClNO/c13-11-7-5-10(6-8-11)9-14-15-12-3-1-2-4-12/h5-8,12,14H,1-4,9H2. The average molecular weight is 226 g/mol.